The molecule has 1 amide bonds. The van der Waals surface area contributed by atoms with Crippen molar-refractivity contribution in [2.75, 3.05) is 16.3 Å². The maximum Gasteiger partial charge on any atom is 0.341 e. The second-order valence-electron chi connectivity index (χ2n) is 5.58. The molecule has 2 aromatic carbocycles. The molecule has 0 heterocycles. The van der Waals surface area contributed by atoms with E-state index in [4.69, 9.17) is 27.9 Å². The number of carbonyl (C=O) groups excluding carboxylic acids is 2. The molecule has 0 spiro atoms. The second-order valence-corrected chi connectivity index (χ2v) is 8.17. The number of carbonyl (C=O) groups is 2. The summed E-state index contributed by atoms with van der Waals surface area (Å²) in [4.78, 5) is 24.6. The van der Waals surface area contributed by atoms with Gasteiger partial charge in [-0.1, -0.05) is 35.3 Å². The minimum atomic E-state index is -3.59. The summed E-state index contributed by atoms with van der Waals surface area (Å²) in [6, 6.07) is 10.4. The Hall–Kier alpha value is -2.29. The van der Waals surface area contributed by atoms with Crippen LogP contribution in [0.25, 0.3) is 0 Å². The van der Waals surface area contributed by atoms with E-state index in [-0.39, 0.29) is 16.3 Å². The van der Waals surface area contributed by atoms with Crippen molar-refractivity contribution in [3.8, 4) is 0 Å². The fraction of sp³-hybridized carbons (Fsp3) is 0.176. The summed E-state index contributed by atoms with van der Waals surface area (Å²) in [7, 11) is -3.59. The van der Waals surface area contributed by atoms with Gasteiger partial charge in [0.25, 0.3) is 5.91 Å². The lowest BCUT2D eigenvalue weighted by Crippen LogP contribution is -2.30. The average Bonchev–Trinajstić information content (AvgIpc) is 2.56. The molecule has 0 aliphatic carbocycles. The minimum absolute atomic E-state index is 0.0212. The Morgan fingerprint density at radius 2 is 1.74 bits per heavy atom. The minimum Gasteiger partial charge on any atom is -0.449 e. The Balaban J connectivity index is 2.10. The van der Waals surface area contributed by atoms with E-state index in [9.17, 15) is 18.0 Å². The van der Waals surface area contributed by atoms with Crippen molar-refractivity contribution in [2.24, 2.45) is 0 Å². The SMILES string of the molecule is CC(OC(=O)c1ccccc1NS(C)(=O)=O)C(=O)Nc1ccc(Cl)cc1Cl. The fourth-order valence-corrected chi connectivity index (χ4v) is 3.09. The molecule has 0 aliphatic rings. The third kappa shape index (κ3) is 6.13. The molecule has 2 N–H and O–H groups in total. The van der Waals surface area contributed by atoms with Gasteiger partial charge in [0, 0.05) is 5.02 Å². The summed E-state index contributed by atoms with van der Waals surface area (Å²) in [5.41, 5.74) is 0.346. The fourth-order valence-electron chi connectivity index (χ4n) is 2.05. The van der Waals surface area contributed by atoms with Crippen LogP contribution in [0.1, 0.15) is 17.3 Å². The van der Waals surface area contributed by atoms with Crippen LogP contribution in [0.3, 0.4) is 0 Å². The summed E-state index contributed by atoms with van der Waals surface area (Å²) >= 11 is 11.8. The number of para-hydroxylation sites is 1. The van der Waals surface area contributed by atoms with Crippen molar-refractivity contribution in [1.82, 2.24) is 0 Å². The van der Waals surface area contributed by atoms with Crippen LogP contribution in [0.4, 0.5) is 11.4 Å². The predicted octanol–water partition coefficient (Wildman–Crippen LogP) is 3.55. The monoisotopic (exact) mass is 430 g/mol. The average molecular weight is 431 g/mol. The van der Waals surface area contributed by atoms with Gasteiger partial charge in [-0.15, -0.1) is 0 Å². The zero-order chi connectivity index (χ0) is 20.2. The van der Waals surface area contributed by atoms with Gasteiger partial charge in [-0.25, -0.2) is 13.2 Å². The van der Waals surface area contributed by atoms with E-state index in [1.165, 1.54) is 31.2 Å². The molecular formula is C17H16Cl2N2O5S. The molecule has 144 valence electrons. The summed E-state index contributed by atoms with van der Waals surface area (Å²) in [5, 5.41) is 3.17. The third-order valence-corrected chi connectivity index (χ3v) is 4.42. The van der Waals surface area contributed by atoms with Crippen molar-refractivity contribution in [3.63, 3.8) is 0 Å². The Bertz CT molecular complexity index is 979. The van der Waals surface area contributed by atoms with Gasteiger partial charge in [0.2, 0.25) is 10.0 Å². The van der Waals surface area contributed by atoms with Gasteiger partial charge in [0.1, 0.15) is 0 Å². The molecule has 10 heteroatoms. The van der Waals surface area contributed by atoms with Crippen LogP contribution in [-0.4, -0.2) is 32.7 Å². The van der Waals surface area contributed by atoms with Crippen molar-refractivity contribution in [3.05, 3.63) is 58.1 Å². The van der Waals surface area contributed by atoms with Crippen LogP contribution >= 0.6 is 23.2 Å². The standard InChI is InChI=1S/C17H16Cl2N2O5S/c1-10(16(22)20-15-8-7-11(18)9-13(15)19)26-17(23)12-5-3-4-6-14(12)21-27(2,24)25/h3-10,21H,1-2H3,(H,20,22). The van der Waals surface area contributed by atoms with Crippen molar-refractivity contribution in [1.29, 1.82) is 0 Å². The predicted molar refractivity (Wildman–Crippen MR) is 105 cm³/mol. The maximum absolute atomic E-state index is 12.3. The van der Waals surface area contributed by atoms with E-state index in [1.807, 2.05) is 0 Å². The number of benzene rings is 2. The topological polar surface area (TPSA) is 102 Å². The summed E-state index contributed by atoms with van der Waals surface area (Å²) in [6.07, 6.45) is -0.198. The molecule has 2 rings (SSSR count). The lowest BCUT2D eigenvalue weighted by atomic mass is 10.2. The molecule has 0 saturated carbocycles. The van der Waals surface area contributed by atoms with Gasteiger partial charge < -0.3 is 10.1 Å². The largest absolute Gasteiger partial charge is 0.449 e. The van der Waals surface area contributed by atoms with Crippen molar-refractivity contribution < 1.29 is 22.7 Å². The first-order valence-electron chi connectivity index (χ1n) is 7.60. The van der Waals surface area contributed by atoms with Crippen LogP contribution < -0.4 is 10.0 Å². The molecule has 7 nitrogen and oxygen atoms in total. The molecule has 0 aromatic heterocycles. The molecule has 1 atom stereocenters. The Morgan fingerprint density at radius 1 is 1.07 bits per heavy atom. The van der Waals surface area contributed by atoms with Crippen LogP contribution in [0, 0.1) is 0 Å². The molecule has 2 aromatic rings. The van der Waals surface area contributed by atoms with Crippen LogP contribution in [0.2, 0.25) is 10.0 Å². The van der Waals surface area contributed by atoms with E-state index >= 15 is 0 Å². The van der Waals surface area contributed by atoms with Gasteiger partial charge in [0.05, 0.1) is 28.2 Å². The molecule has 0 radical (unpaired) electrons. The highest BCUT2D eigenvalue weighted by Gasteiger charge is 2.22. The first-order valence-corrected chi connectivity index (χ1v) is 10.3. The first-order chi connectivity index (χ1) is 12.6. The number of hydrogen-bond donors (Lipinski definition) is 2. The van der Waals surface area contributed by atoms with Gasteiger partial charge in [-0.05, 0) is 37.3 Å². The van der Waals surface area contributed by atoms with Crippen molar-refractivity contribution in [2.45, 2.75) is 13.0 Å². The van der Waals surface area contributed by atoms with E-state index in [1.54, 1.807) is 18.2 Å². The van der Waals surface area contributed by atoms with Gasteiger partial charge in [-0.3, -0.25) is 9.52 Å². The highest BCUT2D eigenvalue weighted by Crippen LogP contribution is 2.25. The first kappa shape index (κ1) is 21.0. The number of anilines is 2. The van der Waals surface area contributed by atoms with E-state index in [2.05, 4.69) is 10.0 Å². The number of nitrogens with one attached hydrogen (secondary N) is 2. The number of hydrogen-bond acceptors (Lipinski definition) is 5. The van der Waals surface area contributed by atoms with Crippen LogP contribution in [0.5, 0.6) is 0 Å². The third-order valence-electron chi connectivity index (χ3n) is 3.28. The second kappa shape index (κ2) is 8.60. The number of halogens is 2. The molecule has 0 bridgehead atoms. The lowest BCUT2D eigenvalue weighted by Gasteiger charge is -2.16. The molecule has 0 saturated heterocycles. The molecule has 0 aliphatic heterocycles. The van der Waals surface area contributed by atoms with Gasteiger partial charge in [-0.2, -0.15) is 0 Å². The lowest BCUT2D eigenvalue weighted by molar-refractivity contribution is -0.123. The van der Waals surface area contributed by atoms with E-state index in [0.29, 0.717) is 10.7 Å². The molecule has 1 unspecified atom stereocenters. The summed E-state index contributed by atoms with van der Waals surface area (Å²) in [5.74, 6) is -1.47. The number of esters is 1. The van der Waals surface area contributed by atoms with Crippen LogP contribution in [0.15, 0.2) is 42.5 Å². The van der Waals surface area contributed by atoms with E-state index in [0.717, 1.165) is 6.26 Å². The van der Waals surface area contributed by atoms with Crippen LogP contribution in [-0.2, 0) is 19.6 Å². The molecule has 27 heavy (non-hydrogen) atoms. The van der Waals surface area contributed by atoms with Crippen molar-refractivity contribution >= 4 is 56.5 Å². The quantitative estimate of drug-likeness (QED) is 0.682. The van der Waals surface area contributed by atoms with Gasteiger partial charge >= 0.3 is 5.97 Å². The van der Waals surface area contributed by atoms with Gasteiger partial charge in [0.15, 0.2) is 6.10 Å². The number of amides is 1. The summed E-state index contributed by atoms with van der Waals surface area (Å²) in [6.45, 7) is 1.38. The highest BCUT2D eigenvalue weighted by molar-refractivity contribution is 7.92. The number of sulfonamides is 1. The molecular weight excluding hydrogens is 415 g/mol. The maximum atomic E-state index is 12.3. The zero-order valence-electron chi connectivity index (χ0n) is 14.3. The van der Waals surface area contributed by atoms with E-state index < -0.39 is 28.0 Å². The Morgan fingerprint density at radius 3 is 2.37 bits per heavy atom. The Labute approximate surface area is 166 Å². The number of rotatable bonds is 6. The zero-order valence-corrected chi connectivity index (χ0v) is 16.7. The summed E-state index contributed by atoms with van der Waals surface area (Å²) < 4.78 is 30.2. The highest BCUT2D eigenvalue weighted by atomic mass is 35.5. The normalized spacial score (nSPS) is 12.1. The Kier molecular flexibility index (Phi) is 6.69. The smallest absolute Gasteiger partial charge is 0.341 e. The number of ether oxygens (including phenoxy) is 1. The molecule has 0 fully saturated rings.